The molecule has 18 heavy (non-hydrogen) atoms. The van der Waals surface area contributed by atoms with Crippen LogP contribution >= 0.6 is 0 Å². The normalized spacial score (nSPS) is 16.7. The maximum absolute atomic E-state index is 13.7. The van der Waals surface area contributed by atoms with Crippen molar-refractivity contribution in [2.75, 3.05) is 6.54 Å². The number of benzene rings is 1. The lowest BCUT2D eigenvalue weighted by Gasteiger charge is -2.29. The second-order valence-corrected chi connectivity index (χ2v) is 5.10. The van der Waals surface area contributed by atoms with E-state index in [1.165, 1.54) is 12.1 Å². The van der Waals surface area contributed by atoms with Crippen LogP contribution in [0.4, 0.5) is 8.78 Å². The van der Waals surface area contributed by atoms with E-state index >= 15 is 0 Å². The summed E-state index contributed by atoms with van der Waals surface area (Å²) in [6, 6.07) is 3.37. The first-order valence-electron chi connectivity index (χ1n) is 6.21. The van der Waals surface area contributed by atoms with Gasteiger partial charge in [-0.15, -0.1) is 0 Å². The molecule has 3 N–H and O–H groups in total. The van der Waals surface area contributed by atoms with Crippen molar-refractivity contribution >= 4 is 0 Å². The van der Waals surface area contributed by atoms with Gasteiger partial charge in [-0.05, 0) is 23.5 Å². The number of aliphatic hydroxyl groups is 1. The Morgan fingerprint density at radius 2 is 1.83 bits per heavy atom. The predicted molar refractivity (Wildman–Crippen MR) is 68.2 cm³/mol. The largest absolute Gasteiger partial charge is 0.392 e. The van der Waals surface area contributed by atoms with Crippen LogP contribution < -0.4 is 5.73 Å². The molecule has 0 aromatic heterocycles. The summed E-state index contributed by atoms with van der Waals surface area (Å²) in [5.74, 6) is -1.54. The Bertz CT molecular complexity index is 395. The zero-order chi connectivity index (χ0) is 13.9. The minimum Gasteiger partial charge on any atom is -0.392 e. The molecule has 0 radical (unpaired) electrons. The number of rotatable bonds is 5. The first-order chi connectivity index (χ1) is 8.38. The lowest BCUT2D eigenvalue weighted by molar-refractivity contribution is 0.0673. The molecular weight excluding hydrogens is 236 g/mol. The van der Waals surface area contributed by atoms with Gasteiger partial charge >= 0.3 is 0 Å². The van der Waals surface area contributed by atoms with Crippen LogP contribution in [-0.4, -0.2) is 17.8 Å². The van der Waals surface area contributed by atoms with Crippen molar-refractivity contribution in [2.45, 2.75) is 32.8 Å². The summed E-state index contributed by atoms with van der Waals surface area (Å²) in [5, 5.41) is 10.3. The number of hydrogen-bond acceptors (Lipinski definition) is 2. The molecular formula is C14H21F2NO. The highest BCUT2D eigenvalue weighted by Gasteiger charge is 2.28. The van der Waals surface area contributed by atoms with Crippen molar-refractivity contribution in [1.82, 2.24) is 0 Å². The molecule has 0 saturated carbocycles. The molecule has 1 aromatic rings. The predicted octanol–water partition coefficient (Wildman–Crippen LogP) is 2.66. The van der Waals surface area contributed by atoms with Crippen LogP contribution in [0, 0.1) is 23.5 Å². The zero-order valence-electron chi connectivity index (χ0n) is 11.0. The SMILES string of the molecule is CC(C)C(C)C(O)C(CN)c1ccc(F)cc1F. The molecule has 0 amide bonds. The fraction of sp³-hybridized carbons (Fsp3) is 0.571. The fourth-order valence-corrected chi connectivity index (χ4v) is 2.01. The van der Waals surface area contributed by atoms with E-state index in [0.717, 1.165) is 6.07 Å². The van der Waals surface area contributed by atoms with Gasteiger partial charge in [-0.1, -0.05) is 26.8 Å². The van der Waals surface area contributed by atoms with Gasteiger partial charge < -0.3 is 10.8 Å². The zero-order valence-corrected chi connectivity index (χ0v) is 11.0. The van der Waals surface area contributed by atoms with Gasteiger partial charge in [0.1, 0.15) is 11.6 Å². The van der Waals surface area contributed by atoms with Crippen LogP contribution in [0.5, 0.6) is 0 Å². The summed E-state index contributed by atoms with van der Waals surface area (Å²) in [4.78, 5) is 0. The maximum atomic E-state index is 13.7. The summed E-state index contributed by atoms with van der Waals surface area (Å²) in [7, 11) is 0. The molecule has 1 rings (SSSR count). The van der Waals surface area contributed by atoms with E-state index in [1.54, 1.807) is 0 Å². The lowest BCUT2D eigenvalue weighted by Crippen LogP contribution is -2.34. The smallest absolute Gasteiger partial charge is 0.129 e. The third kappa shape index (κ3) is 3.27. The second-order valence-electron chi connectivity index (χ2n) is 5.10. The van der Waals surface area contributed by atoms with E-state index in [0.29, 0.717) is 0 Å². The van der Waals surface area contributed by atoms with Gasteiger partial charge in [-0.2, -0.15) is 0 Å². The third-order valence-electron chi connectivity index (χ3n) is 3.62. The molecule has 0 fully saturated rings. The Morgan fingerprint density at radius 1 is 1.22 bits per heavy atom. The van der Waals surface area contributed by atoms with Gasteiger partial charge in [0.2, 0.25) is 0 Å². The summed E-state index contributed by atoms with van der Waals surface area (Å²) in [6.45, 7) is 6.01. The molecule has 0 aliphatic carbocycles. The van der Waals surface area contributed by atoms with Gasteiger partial charge in [0, 0.05) is 18.5 Å². The van der Waals surface area contributed by atoms with Crippen LogP contribution in [-0.2, 0) is 0 Å². The number of halogens is 2. The topological polar surface area (TPSA) is 46.2 Å². The van der Waals surface area contributed by atoms with Crippen molar-refractivity contribution < 1.29 is 13.9 Å². The number of hydrogen-bond donors (Lipinski definition) is 2. The molecule has 1 aromatic carbocycles. The molecule has 0 spiro atoms. The van der Waals surface area contributed by atoms with Crippen LogP contribution in [0.1, 0.15) is 32.3 Å². The second kappa shape index (κ2) is 6.25. The Hall–Kier alpha value is -1.00. The van der Waals surface area contributed by atoms with E-state index in [-0.39, 0.29) is 23.9 Å². The van der Waals surface area contributed by atoms with Crippen molar-refractivity contribution in [3.63, 3.8) is 0 Å². The van der Waals surface area contributed by atoms with E-state index in [2.05, 4.69) is 0 Å². The molecule has 0 heterocycles. The summed E-state index contributed by atoms with van der Waals surface area (Å²) in [5.41, 5.74) is 5.91. The molecule has 4 heteroatoms. The molecule has 3 atom stereocenters. The highest BCUT2D eigenvalue weighted by molar-refractivity contribution is 5.24. The standard InChI is InChI=1S/C14H21F2NO/c1-8(2)9(3)14(18)12(7-17)11-5-4-10(15)6-13(11)16/h4-6,8-9,12,14,18H,7,17H2,1-3H3. The first-order valence-corrected chi connectivity index (χ1v) is 6.21. The molecule has 3 unspecified atom stereocenters. The third-order valence-corrected chi connectivity index (χ3v) is 3.62. The van der Waals surface area contributed by atoms with E-state index in [9.17, 15) is 13.9 Å². The molecule has 0 aliphatic heterocycles. The molecule has 0 bridgehead atoms. The van der Waals surface area contributed by atoms with Crippen molar-refractivity contribution in [2.24, 2.45) is 17.6 Å². The molecule has 2 nitrogen and oxygen atoms in total. The highest BCUT2D eigenvalue weighted by Crippen LogP contribution is 2.29. The van der Waals surface area contributed by atoms with E-state index < -0.39 is 23.7 Å². The number of aliphatic hydroxyl groups excluding tert-OH is 1. The molecule has 0 saturated heterocycles. The minimum atomic E-state index is -0.741. The van der Waals surface area contributed by atoms with Crippen molar-refractivity contribution in [3.05, 3.63) is 35.4 Å². The van der Waals surface area contributed by atoms with E-state index in [4.69, 9.17) is 5.73 Å². The lowest BCUT2D eigenvalue weighted by atomic mass is 9.81. The number of nitrogens with two attached hydrogens (primary N) is 1. The van der Waals surface area contributed by atoms with Gasteiger partial charge in [0.15, 0.2) is 0 Å². The summed E-state index contributed by atoms with van der Waals surface area (Å²) >= 11 is 0. The summed E-state index contributed by atoms with van der Waals surface area (Å²) < 4.78 is 26.6. The summed E-state index contributed by atoms with van der Waals surface area (Å²) in [6.07, 6.45) is -0.741. The van der Waals surface area contributed by atoms with Crippen molar-refractivity contribution in [3.8, 4) is 0 Å². The minimum absolute atomic E-state index is 0.0111. The average molecular weight is 257 g/mol. The Balaban J connectivity index is 3.02. The Labute approximate surface area is 107 Å². The van der Waals surface area contributed by atoms with E-state index in [1.807, 2.05) is 20.8 Å². The maximum Gasteiger partial charge on any atom is 0.129 e. The van der Waals surface area contributed by atoms with Gasteiger partial charge in [0.25, 0.3) is 0 Å². The van der Waals surface area contributed by atoms with Gasteiger partial charge in [-0.3, -0.25) is 0 Å². The fourth-order valence-electron chi connectivity index (χ4n) is 2.01. The monoisotopic (exact) mass is 257 g/mol. The van der Waals surface area contributed by atoms with Crippen molar-refractivity contribution in [1.29, 1.82) is 0 Å². The first kappa shape index (κ1) is 15.1. The Kier molecular flexibility index (Phi) is 5.23. The van der Waals surface area contributed by atoms with Crippen LogP contribution in [0.3, 0.4) is 0 Å². The Morgan fingerprint density at radius 3 is 2.28 bits per heavy atom. The molecule has 0 aliphatic rings. The van der Waals surface area contributed by atoms with Gasteiger partial charge in [-0.25, -0.2) is 8.78 Å². The van der Waals surface area contributed by atoms with Crippen LogP contribution in [0.2, 0.25) is 0 Å². The quantitative estimate of drug-likeness (QED) is 0.852. The highest BCUT2D eigenvalue weighted by atomic mass is 19.1. The average Bonchev–Trinajstić information content (AvgIpc) is 2.31. The van der Waals surface area contributed by atoms with Gasteiger partial charge in [0.05, 0.1) is 6.10 Å². The van der Waals surface area contributed by atoms with Crippen LogP contribution in [0.15, 0.2) is 18.2 Å². The van der Waals surface area contributed by atoms with Crippen LogP contribution in [0.25, 0.3) is 0 Å². The molecule has 102 valence electrons.